The monoisotopic (exact) mass is 433 g/mol. The fourth-order valence-corrected chi connectivity index (χ4v) is 3.14. The van der Waals surface area contributed by atoms with E-state index in [0.29, 0.717) is 12.8 Å². The van der Waals surface area contributed by atoms with Crippen molar-refractivity contribution in [3.05, 3.63) is 69.2 Å². The Balaban J connectivity index is 2.12. The number of carbonyl (C=O) groups excluding carboxylic acids is 2. The molecule has 0 saturated carbocycles. The van der Waals surface area contributed by atoms with Gasteiger partial charge < -0.3 is 15.2 Å². The number of esters is 1. The van der Waals surface area contributed by atoms with Crippen molar-refractivity contribution >= 4 is 35.1 Å². The molecule has 2 aromatic rings. The maximum atomic E-state index is 12.6. The number of nitrogens with one attached hydrogen (secondary N) is 1. The molecule has 2 rings (SSSR count). The van der Waals surface area contributed by atoms with E-state index >= 15 is 0 Å². The normalized spacial score (nSPS) is 11.2. The molecule has 0 bridgehead atoms. The maximum absolute atomic E-state index is 12.6. The molecule has 0 saturated heterocycles. The highest BCUT2D eigenvalue weighted by Crippen LogP contribution is 2.24. The third kappa shape index (κ3) is 6.79. The zero-order valence-corrected chi connectivity index (χ0v) is 17.4. The summed E-state index contributed by atoms with van der Waals surface area (Å²) in [7, 11) is 1.26. The van der Waals surface area contributed by atoms with Crippen molar-refractivity contribution < 1.29 is 19.4 Å². The lowest BCUT2D eigenvalue weighted by Gasteiger charge is -2.17. The predicted octanol–water partition coefficient (Wildman–Crippen LogP) is 3.63. The topological polar surface area (TPSA) is 75.6 Å². The summed E-state index contributed by atoms with van der Waals surface area (Å²) in [6.07, 6.45) is 1.50. The zero-order valence-electron chi connectivity index (χ0n) is 15.9. The second-order valence-corrected chi connectivity index (χ2v) is 6.99. The first-order chi connectivity index (χ1) is 14.0. The first kappa shape index (κ1) is 22.8. The van der Waals surface area contributed by atoms with Crippen molar-refractivity contribution in [1.82, 2.24) is 5.32 Å². The van der Waals surface area contributed by atoms with Crippen molar-refractivity contribution in [2.24, 2.45) is 0 Å². The van der Waals surface area contributed by atoms with Crippen LogP contribution in [0.4, 0.5) is 0 Å². The van der Waals surface area contributed by atoms with Gasteiger partial charge in [0, 0.05) is 25.0 Å². The molecule has 152 valence electrons. The quantitative estimate of drug-likeness (QED) is 0.397. The standard InChI is InChI=1S/C22H21Cl2NO4/c1-29-22(28)19(25-21(27)20-17(23)7-5-8-18(20)24)14-16-11-9-15(10-12-16)6-3-2-4-13-26/h5,7-12,19,26H,2,4,13-14H2,1H3,(H,25,27). The van der Waals surface area contributed by atoms with Gasteiger partial charge in [0.1, 0.15) is 6.04 Å². The van der Waals surface area contributed by atoms with Crippen LogP contribution in [0, 0.1) is 11.8 Å². The number of halogens is 2. The van der Waals surface area contributed by atoms with Gasteiger partial charge >= 0.3 is 5.97 Å². The van der Waals surface area contributed by atoms with Crippen LogP contribution in [0.1, 0.15) is 34.3 Å². The van der Waals surface area contributed by atoms with E-state index in [1.165, 1.54) is 7.11 Å². The van der Waals surface area contributed by atoms with Crippen molar-refractivity contribution in [3.63, 3.8) is 0 Å². The summed E-state index contributed by atoms with van der Waals surface area (Å²) in [5, 5.41) is 11.8. The predicted molar refractivity (Wildman–Crippen MR) is 113 cm³/mol. The second kappa shape index (κ2) is 11.5. The van der Waals surface area contributed by atoms with Gasteiger partial charge in [-0.05, 0) is 36.2 Å². The lowest BCUT2D eigenvalue weighted by atomic mass is 10.0. The molecular formula is C22H21Cl2NO4. The number of rotatable bonds is 7. The summed E-state index contributed by atoms with van der Waals surface area (Å²) in [5.74, 6) is 4.86. The molecule has 2 aromatic carbocycles. The second-order valence-electron chi connectivity index (χ2n) is 6.18. The molecule has 1 amide bonds. The number of amides is 1. The molecule has 2 N–H and O–H groups in total. The summed E-state index contributed by atoms with van der Waals surface area (Å²) in [5.41, 5.74) is 1.76. The van der Waals surface area contributed by atoms with Crippen LogP contribution in [0.15, 0.2) is 42.5 Å². The minimum atomic E-state index is -0.902. The number of carbonyl (C=O) groups is 2. The number of aliphatic hydroxyl groups is 1. The summed E-state index contributed by atoms with van der Waals surface area (Å²) in [6.45, 7) is 0.119. The lowest BCUT2D eigenvalue weighted by Crippen LogP contribution is -2.43. The minimum absolute atomic E-state index is 0.109. The molecule has 1 unspecified atom stereocenters. The van der Waals surface area contributed by atoms with Crippen LogP contribution in [0.5, 0.6) is 0 Å². The van der Waals surface area contributed by atoms with E-state index in [0.717, 1.165) is 11.1 Å². The molecular weight excluding hydrogens is 413 g/mol. The number of aliphatic hydroxyl groups excluding tert-OH is 1. The van der Waals surface area contributed by atoms with Crippen molar-refractivity contribution in [2.45, 2.75) is 25.3 Å². The highest BCUT2D eigenvalue weighted by atomic mass is 35.5. The van der Waals surface area contributed by atoms with E-state index < -0.39 is 17.9 Å². The first-order valence-corrected chi connectivity index (χ1v) is 9.73. The highest BCUT2D eigenvalue weighted by molar-refractivity contribution is 6.39. The van der Waals surface area contributed by atoms with Crippen LogP contribution in [0.2, 0.25) is 10.0 Å². The van der Waals surface area contributed by atoms with E-state index in [2.05, 4.69) is 17.2 Å². The number of unbranched alkanes of at least 4 members (excludes halogenated alkanes) is 1. The SMILES string of the molecule is COC(=O)C(Cc1ccc(C#CCCCO)cc1)NC(=O)c1c(Cl)cccc1Cl. The van der Waals surface area contributed by atoms with E-state index in [9.17, 15) is 9.59 Å². The van der Waals surface area contributed by atoms with Gasteiger partial charge in [-0.15, -0.1) is 0 Å². The molecule has 5 nitrogen and oxygen atoms in total. The van der Waals surface area contributed by atoms with Gasteiger partial charge in [0.25, 0.3) is 5.91 Å². The maximum Gasteiger partial charge on any atom is 0.328 e. The van der Waals surface area contributed by atoms with Crippen molar-refractivity contribution in [2.75, 3.05) is 13.7 Å². The Kier molecular flexibility index (Phi) is 9.01. The lowest BCUT2D eigenvalue weighted by molar-refractivity contribution is -0.142. The number of methoxy groups -OCH3 is 1. The molecule has 0 spiro atoms. The Morgan fingerprint density at radius 3 is 2.38 bits per heavy atom. The van der Waals surface area contributed by atoms with Gasteiger partial charge in [0.05, 0.1) is 22.7 Å². The third-order valence-corrected chi connectivity index (χ3v) is 4.70. The van der Waals surface area contributed by atoms with Crippen LogP contribution in [-0.2, 0) is 16.0 Å². The van der Waals surface area contributed by atoms with E-state index in [1.807, 2.05) is 24.3 Å². The van der Waals surface area contributed by atoms with E-state index in [4.69, 9.17) is 33.0 Å². The number of hydrogen-bond acceptors (Lipinski definition) is 4. The molecule has 0 fully saturated rings. The Hall–Kier alpha value is -2.52. The van der Waals surface area contributed by atoms with Crippen molar-refractivity contribution in [1.29, 1.82) is 0 Å². The minimum Gasteiger partial charge on any atom is -0.467 e. The first-order valence-electron chi connectivity index (χ1n) is 8.97. The summed E-state index contributed by atoms with van der Waals surface area (Å²) < 4.78 is 4.82. The zero-order chi connectivity index (χ0) is 21.2. The average molecular weight is 434 g/mol. The van der Waals surface area contributed by atoms with Gasteiger partial charge in [-0.3, -0.25) is 4.79 Å². The molecule has 0 aliphatic heterocycles. The Bertz CT molecular complexity index is 896. The average Bonchev–Trinajstić information content (AvgIpc) is 2.71. The fourth-order valence-electron chi connectivity index (χ4n) is 2.57. The van der Waals surface area contributed by atoms with Crippen molar-refractivity contribution in [3.8, 4) is 11.8 Å². The van der Waals surface area contributed by atoms with Crippen LogP contribution in [0.25, 0.3) is 0 Å². The smallest absolute Gasteiger partial charge is 0.328 e. The summed E-state index contributed by atoms with van der Waals surface area (Å²) in [6, 6.07) is 11.2. The van der Waals surface area contributed by atoms with Gasteiger partial charge in [-0.1, -0.05) is 53.2 Å². The molecule has 0 aliphatic rings. The van der Waals surface area contributed by atoms with E-state index in [1.54, 1.807) is 18.2 Å². The molecule has 0 heterocycles. The third-order valence-electron chi connectivity index (χ3n) is 4.07. The Morgan fingerprint density at radius 1 is 1.14 bits per heavy atom. The summed E-state index contributed by atoms with van der Waals surface area (Å²) >= 11 is 12.1. The van der Waals surface area contributed by atoms with Gasteiger partial charge in [0.15, 0.2) is 0 Å². The van der Waals surface area contributed by atoms with Gasteiger partial charge in [0.2, 0.25) is 0 Å². The highest BCUT2D eigenvalue weighted by Gasteiger charge is 2.24. The number of ether oxygens (including phenoxy) is 1. The Labute approximate surface area is 180 Å². The molecule has 1 atom stereocenters. The fraction of sp³-hybridized carbons (Fsp3) is 0.273. The van der Waals surface area contributed by atoms with Gasteiger partial charge in [-0.2, -0.15) is 0 Å². The molecule has 7 heteroatoms. The van der Waals surface area contributed by atoms with Crippen LogP contribution in [-0.4, -0.2) is 36.7 Å². The Morgan fingerprint density at radius 2 is 1.79 bits per heavy atom. The van der Waals surface area contributed by atoms with Gasteiger partial charge in [-0.25, -0.2) is 4.79 Å². The van der Waals surface area contributed by atoms with Crippen LogP contribution in [0.3, 0.4) is 0 Å². The van der Waals surface area contributed by atoms with Crippen LogP contribution < -0.4 is 5.32 Å². The number of benzene rings is 2. The number of hydrogen-bond donors (Lipinski definition) is 2. The summed E-state index contributed by atoms with van der Waals surface area (Å²) in [4.78, 5) is 24.8. The largest absolute Gasteiger partial charge is 0.467 e. The van der Waals surface area contributed by atoms with Crippen LogP contribution >= 0.6 is 23.2 Å². The van der Waals surface area contributed by atoms with E-state index in [-0.39, 0.29) is 28.6 Å². The molecule has 29 heavy (non-hydrogen) atoms. The molecule has 0 aromatic heterocycles. The molecule has 0 radical (unpaired) electrons. The molecule has 0 aliphatic carbocycles.